The predicted molar refractivity (Wildman–Crippen MR) is 71.8 cm³/mol. The van der Waals surface area contributed by atoms with Crippen molar-refractivity contribution >= 4 is 27.6 Å². The van der Waals surface area contributed by atoms with Gasteiger partial charge in [0.05, 0.1) is 25.4 Å². The van der Waals surface area contributed by atoms with E-state index >= 15 is 0 Å². The number of esters is 1. The highest BCUT2D eigenvalue weighted by atomic mass is 79.9. The second-order valence-electron chi connectivity index (χ2n) is 3.80. The molecule has 3 N–H and O–H groups in total. The summed E-state index contributed by atoms with van der Waals surface area (Å²) in [5, 5.41) is 21.0. The van der Waals surface area contributed by atoms with Crippen LogP contribution in [0, 0.1) is 6.92 Å². The molecule has 5 nitrogen and oxygen atoms in total. The lowest BCUT2D eigenvalue weighted by atomic mass is 10.1. The first kappa shape index (κ1) is 14.9. The summed E-state index contributed by atoms with van der Waals surface area (Å²) >= 11 is 3.35. The van der Waals surface area contributed by atoms with E-state index in [0.717, 1.165) is 10.0 Å². The summed E-state index contributed by atoms with van der Waals surface area (Å²) in [5.41, 5.74) is 1.73. The number of carbonyl (C=O) groups is 1. The number of benzene rings is 1. The number of carbonyl (C=O) groups excluding carboxylic acids is 1. The van der Waals surface area contributed by atoms with Gasteiger partial charge >= 0.3 is 5.97 Å². The van der Waals surface area contributed by atoms with Crippen molar-refractivity contribution in [1.82, 2.24) is 0 Å². The van der Waals surface area contributed by atoms with Crippen molar-refractivity contribution in [3.8, 4) is 0 Å². The molecule has 0 aromatic heterocycles. The Labute approximate surface area is 114 Å². The molecule has 0 aliphatic carbocycles. The summed E-state index contributed by atoms with van der Waals surface area (Å²) < 4.78 is 5.54. The zero-order valence-electron chi connectivity index (χ0n) is 10.2. The average molecular weight is 318 g/mol. The van der Waals surface area contributed by atoms with Gasteiger partial charge in [-0.15, -0.1) is 0 Å². The Hall–Kier alpha value is -1.11. The molecule has 100 valence electrons. The molecule has 1 unspecified atom stereocenters. The molecule has 0 spiro atoms. The minimum absolute atomic E-state index is 0.154. The molecule has 1 rings (SSSR count). The Morgan fingerprint density at radius 1 is 1.56 bits per heavy atom. The molecule has 0 aliphatic rings. The first-order chi connectivity index (χ1) is 8.51. The van der Waals surface area contributed by atoms with Crippen LogP contribution >= 0.6 is 15.9 Å². The number of hydrogen-bond donors (Lipinski definition) is 3. The Morgan fingerprint density at radius 3 is 2.78 bits per heavy atom. The van der Waals surface area contributed by atoms with Gasteiger partial charge in [-0.3, -0.25) is 0 Å². The van der Waals surface area contributed by atoms with Gasteiger partial charge in [0, 0.05) is 16.7 Å². The van der Waals surface area contributed by atoms with Gasteiger partial charge in [-0.25, -0.2) is 4.79 Å². The largest absolute Gasteiger partial charge is 0.465 e. The minimum Gasteiger partial charge on any atom is -0.465 e. The zero-order valence-corrected chi connectivity index (χ0v) is 11.8. The van der Waals surface area contributed by atoms with Gasteiger partial charge in [-0.1, -0.05) is 15.9 Å². The second-order valence-corrected chi connectivity index (χ2v) is 4.66. The van der Waals surface area contributed by atoms with Gasteiger partial charge < -0.3 is 20.3 Å². The van der Waals surface area contributed by atoms with E-state index in [1.165, 1.54) is 7.11 Å². The number of rotatable bonds is 5. The molecule has 0 heterocycles. The zero-order chi connectivity index (χ0) is 13.7. The van der Waals surface area contributed by atoms with Crippen LogP contribution in [-0.2, 0) is 4.74 Å². The smallest absolute Gasteiger partial charge is 0.340 e. The number of halogens is 1. The van der Waals surface area contributed by atoms with E-state index < -0.39 is 12.1 Å². The Kier molecular flexibility index (Phi) is 5.58. The minimum atomic E-state index is -0.876. The van der Waals surface area contributed by atoms with Crippen LogP contribution in [0.5, 0.6) is 0 Å². The van der Waals surface area contributed by atoms with Crippen molar-refractivity contribution in [2.45, 2.75) is 13.0 Å². The van der Waals surface area contributed by atoms with Gasteiger partial charge in [0.1, 0.15) is 0 Å². The first-order valence-electron chi connectivity index (χ1n) is 5.41. The lowest BCUT2D eigenvalue weighted by Gasteiger charge is -2.15. The fourth-order valence-corrected chi connectivity index (χ4v) is 1.82. The van der Waals surface area contributed by atoms with E-state index in [-0.39, 0.29) is 13.2 Å². The number of methoxy groups -OCH3 is 1. The number of hydrogen-bond acceptors (Lipinski definition) is 5. The monoisotopic (exact) mass is 317 g/mol. The standard InChI is InChI=1S/C12H16BrNO4/c1-7-9(13)3-4-10(11(7)12(17)18-2)14-5-8(16)6-15/h3-4,8,14-16H,5-6H2,1-2H3. The lowest BCUT2D eigenvalue weighted by molar-refractivity contribution is 0.0600. The lowest BCUT2D eigenvalue weighted by Crippen LogP contribution is -2.24. The van der Waals surface area contributed by atoms with Crippen molar-refractivity contribution in [3.63, 3.8) is 0 Å². The average Bonchev–Trinajstić information content (AvgIpc) is 2.38. The maximum absolute atomic E-state index is 11.7. The third-order valence-electron chi connectivity index (χ3n) is 2.53. The molecular weight excluding hydrogens is 302 g/mol. The van der Waals surface area contributed by atoms with Crippen LogP contribution in [0.1, 0.15) is 15.9 Å². The van der Waals surface area contributed by atoms with Crippen LogP contribution in [0.25, 0.3) is 0 Å². The van der Waals surface area contributed by atoms with Crippen LogP contribution in [-0.4, -0.2) is 42.5 Å². The van der Waals surface area contributed by atoms with E-state index in [1.54, 1.807) is 19.1 Å². The molecule has 0 aliphatic heterocycles. The molecule has 1 aromatic rings. The summed E-state index contributed by atoms with van der Waals surface area (Å²) in [7, 11) is 1.31. The van der Waals surface area contributed by atoms with Crippen LogP contribution in [0.2, 0.25) is 0 Å². The van der Waals surface area contributed by atoms with Gasteiger partial charge in [0.15, 0.2) is 0 Å². The van der Waals surface area contributed by atoms with Crippen molar-refractivity contribution < 1.29 is 19.7 Å². The van der Waals surface area contributed by atoms with E-state index in [4.69, 9.17) is 9.84 Å². The Morgan fingerprint density at radius 2 is 2.22 bits per heavy atom. The van der Waals surface area contributed by atoms with E-state index in [1.807, 2.05) is 0 Å². The summed E-state index contributed by atoms with van der Waals surface area (Å²) in [6.45, 7) is 1.61. The van der Waals surface area contributed by atoms with Crippen molar-refractivity contribution in [3.05, 3.63) is 27.7 Å². The predicted octanol–water partition coefficient (Wildman–Crippen LogP) is 1.31. The van der Waals surface area contributed by atoms with Crippen molar-refractivity contribution in [1.29, 1.82) is 0 Å². The summed E-state index contributed by atoms with van der Waals surface area (Å²) in [4.78, 5) is 11.7. The van der Waals surface area contributed by atoms with Crippen LogP contribution < -0.4 is 5.32 Å². The summed E-state index contributed by atoms with van der Waals surface area (Å²) in [5.74, 6) is -0.449. The molecule has 0 amide bonds. The highest BCUT2D eigenvalue weighted by Gasteiger charge is 2.17. The first-order valence-corrected chi connectivity index (χ1v) is 6.20. The maximum Gasteiger partial charge on any atom is 0.340 e. The third-order valence-corrected chi connectivity index (χ3v) is 3.39. The molecule has 1 atom stereocenters. The number of ether oxygens (including phenoxy) is 1. The van der Waals surface area contributed by atoms with Gasteiger partial charge in [0.25, 0.3) is 0 Å². The summed E-state index contributed by atoms with van der Waals surface area (Å²) in [6.07, 6.45) is -0.876. The van der Waals surface area contributed by atoms with Crippen LogP contribution in [0.15, 0.2) is 16.6 Å². The Balaban J connectivity index is 3.03. The number of aliphatic hydroxyl groups is 2. The highest BCUT2D eigenvalue weighted by molar-refractivity contribution is 9.10. The topological polar surface area (TPSA) is 78.8 Å². The third kappa shape index (κ3) is 3.44. The van der Waals surface area contributed by atoms with Crippen molar-refractivity contribution in [2.75, 3.05) is 25.6 Å². The normalized spacial score (nSPS) is 12.1. The number of anilines is 1. The summed E-state index contributed by atoms with van der Waals surface area (Å²) in [6, 6.07) is 3.52. The van der Waals surface area contributed by atoms with Gasteiger partial charge in [-0.2, -0.15) is 0 Å². The van der Waals surface area contributed by atoms with Crippen molar-refractivity contribution in [2.24, 2.45) is 0 Å². The molecule has 0 saturated heterocycles. The molecule has 0 bridgehead atoms. The molecule has 6 heteroatoms. The maximum atomic E-state index is 11.7. The quantitative estimate of drug-likeness (QED) is 0.714. The SMILES string of the molecule is COC(=O)c1c(NCC(O)CO)ccc(Br)c1C. The molecular formula is C12H16BrNO4. The molecule has 0 radical (unpaired) electrons. The molecule has 1 aromatic carbocycles. The fraction of sp³-hybridized carbons (Fsp3) is 0.417. The van der Waals surface area contributed by atoms with Crippen LogP contribution in [0.3, 0.4) is 0 Å². The highest BCUT2D eigenvalue weighted by Crippen LogP contribution is 2.27. The van der Waals surface area contributed by atoms with Crippen LogP contribution in [0.4, 0.5) is 5.69 Å². The molecule has 0 fully saturated rings. The van der Waals surface area contributed by atoms with Gasteiger partial charge in [0.2, 0.25) is 0 Å². The number of aliphatic hydroxyl groups excluding tert-OH is 2. The van der Waals surface area contributed by atoms with E-state index in [0.29, 0.717) is 11.3 Å². The van der Waals surface area contributed by atoms with Gasteiger partial charge in [-0.05, 0) is 24.6 Å². The number of nitrogens with one attached hydrogen (secondary N) is 1. The molecule has 0 saturated carbocycles. The van der Waals surface area contributed by atoms with E-state index in [9.17, 15) is 9.90 Å². The second kappa shape index (κ2) is 6.72. The molecule has 18 heavy (non-hydrogen) atoms. The Bertz CT molecular complexity index is 436. The van der Waals surface area contributed by atoms with E-state index in [2.05, 4.69) is 21.2 Å². The fourth-order valence-electron chi connectivity index (χ4n) is 1.49.